The fourth-order valence-electron chi connectivity index (χ4n) is 4.70. The van der Waals surface area contributed by atoms with E-state index < -0.39 is 0 Å². The molecule has 0 bridgehead atoms. The van der Waals surface area contributed by atoms with Crippen LogP contribution in [0.3, 0.4) is 0 Å². The molecule has 2 fully saturated rings. The fraction of sp³-hybridized carbons (Fsp3) is 0.440. The van der Waals surface area contributed by atoms with Crippen LogP contribution in [0.25, 0.3) is 0 Å². The van der Waals surface area contributed by atoms with E-state index >= 15 is 0 Å². The summed E-state index contributed by atoms with van der Waals surface area (Å²) in [7, 11) is 0. The molecule has 4 rings (SSSR count). The lowest BCUT2D eigenvalue weighted by Gasteiger charge is -2.33. The minimum absolute atomic E-state index is 0.00617. The van der Waals surface area contributed by atoms with Crippen molar-refractivity contribution in [1.29, 1.82) is 0 Å². The zero-order chi connectivity index (χ0) is 22.5. The van der Waals surface area contributed by atoms with Crippen molar-refractivity contribution in [1.82, 2.24) is 15.1 Å². The van der Waals surface area contributed by atoms with Crippen molar-refractivity contribution in [2.75, 3.05) is 32.7 Å². The number of carbonyl (C=O) groups is 2. The first-order valence-electron chi connectivity index (χ1n) is 11.3. The maximum Gasteiger partial charge on any atom is 0.253 e. The molecule has 2 aliphatic heterocycles. The Morgan fingerprint density at radius 2 is 1.59 bits per heavy atom. The number of benzene rings is 2. The van der Waals surface area contributed by atoms with Gasteiger partial charge in [-0.2, -0.15) is 0 Å². The second kappa shape index (κ2) is 10.7. The number of hydrogen-bond acceptors (Lipinski definition) is 3. The number of nitrogens with zero attached hydrogens (tertiary/aromatic N) is 2. The molecule has 2 heterocycles. The molecule has 0 spiro atoms. The zero-order valence-electron chi connectivity index (χ0n) is 18.1. The molecule has 0 aliphatic carbocycles. The maximum absolute atomic E-state index is 12.9. The Morgan fingerprint density at radius 1 is 0.938 bits per heavy atom. The Bertz CT molecular complexity index is 936. The van der Waals surface area contributed by atoms with Crippen molar-refractivity contribution in [2.45, 2.75) is 31.7 Å². The van der Waals surface area contributed by atoms with Crippen molar-refractivity contribution in [2.24, 2.45) is 5.92 Å². The standard InChI is InChI=1S/C25H29Cl2N3O2/c26-20-9-7-19(8-10-20)25(32)30-15-11-18(12-16-30)24(31)28-17-23(29-13-3-4-14-29)21-5-1-2-6-22(21)27/h1-2,5-10,18,23H,3-4,11-17H2,(H,28,31). The van der Waals surface area contributed by atoms with E-state index in [9.17, 15) is 9.59 Å². The van der Waals surface area contributed by atoms with Gasteiger partial charge in [0.25, 0.3) is 5.91 Å². The van der Waals surface area contributed by atoms with Crippen LogP contribution in [-0.4, -0.2) is 54.3 Å². The van der Waals surface area contributed by atoms with Crippen LogP contribution in [0, 0.1) is 5.92 Å². The molecule has 2 aliphatic rings. The lowest BCUT2D eigenvalue weighted by molar-refractivity contribution is -0.126. The van der Waals surface area contributed by atoms with Crippen LogP contribution >= 0.6 is 23.2 Å². The third-order valence-corrected chi connectivity index (χ3v) is 7.16. The first-order valence-corrected chi connectivity index (χ1v) is 12.1. The predicted molar refractivity (Wildman–Crippen MR) is 128 cm³/mol. The Hall–Kier alpha value is -2.08. The third kappa shape index (κ3) is 5.45. The number of halogens is 2. The van der Waals surface area contributed by atoms with Gasteiger partial charge in [-0.15, -0.1) is 0 Å². The van der Waals surface area contributed by atoms with Crippen molar-refractivity contribution in [3.8, 4) is 0 Å². The Kier molecular flexibility index (Phi) is 7.71. The summed E-state index contributed by atoms with van der Waals surface area (Å²) in [5.74, 6) is -0.0112. The monoisotopic (exact) mass is 473 g/mol. The highest BCUT2D eigenvalue weighted by Crippen LogP contribution is 2.30. The van der Waals surface area contributed by atoms with Crippen LogP contribution in [0.15, 0.2) is 48.5 Å². The van der Waals surface area contributed by atoms with E-state index in [1.807, 2.05) is 23.1 Å². The van der Waals surface area contributed by atoms with Gasteiger partial charge >= 0.3 is 0 Å². The summed E-state index contributed by atoms with van der Waals surface area (Å²) in [6.07, 6.45) is 3.70. The summed E-state index contributed by atoms with van der Waals surface area (Å²) in [5, 5.41) is 4.53. The molecule has 7 heteroatoms. The molecule has 0 aromatic heterocycles. The van der Waals surface area contributed by atoms with E-state index in [4.69, 9.17) is 23.2 Å². The van der Waals surface area contributed by atoms with Crippen LogP contribution in [0.5, 0.6) is 0 Å². The maximum atomic E-state index is 12.9. The Morgan fingerprint density at radius 3 is 2.25 bits per heavy atom. The van der Waals surface area contributed by atoms with Gasteiger partial charge in [-0.25, -0.2) is 0 Å². The molecular formula is C25H29Cl2N3O2. The van der Waals surface area contributed by atoms with Gasteiger partial charge in [0.05, 0.1) is 6.04 Å². The number of carbonyl (C=O) groups excluding carboxylic acids is 2. The normalized spacial score (nSPS) is 18.5. The molecule has 2 amide bonds. The van der Waals surface area contributed by atoms with Gasteiger partial charge in [0.1, 0.15) is 0 Å². The minimum Gasteiger partial charge on any atom is -0.354 e. The van der Waals surface area contributed by atoms with Gasteiger partial charge in [-0.1, -0.05) is 41.4 Å². The van der Waals surface area contributed by atoms with Crippen molar-refractivity contribution < 1.29 is 9.59 Å². The number of rotatable bonds is 6. The minimum atomic E-state index is -0.0743. The highest BCUT2D eigenvalue weighted by molar-refractivity contribution is 6.31. The summed E-state index contributed by atoms with van der Waals surface area (Å²) in [5.41, 5.74) is 1.70. The summed E-state index contributed by atoms with van der Waals surface area (Å²) < 4.78 is 0. The third-order valence-electron chi connectivity index (χ3n) is 6.56. The number of likely N-dealkylation sites (tertiary alicyclic amines) is 2. The van der Waals surface area contributed by atoms with E-state index in [1.54, 1.807) is 24.3 Å². The van der Waals surface area contributed by atoms with Crippen molar-refractivity contribution in [3.05, 3.63) is 69.7 Å². The molecule has 170 valence electrons. The van der Waals surface area contributed by atoms with Crippen LogP contribution < -0.4 is 5.32 Å². The summed E-state index contributed by atoms with van der Waals surface area (Å²) in [6.45, 7) is 3.76. The summed E-state index contributed by atoms with van der Waals surface area (Å²) in [6, 6.07) is 14.9. The average Bonchev–Trinajstić information content (AvgIpc) is 3.35. The van der Waals surface area contributed by atoms with E-state index in [1.165, 1.54) is 12.8 Å². The second-order valence-corrected chi connectivity index (χ2v) is 9.44. The molecule has 1 atom stereocenters. The number of nitrogens with one attached hydrogen (secondary N) is 1. The van der Waals surface area contributed by atoms with E-state index in [0.717, 1.165) is 23.7 Å². The Labute approximate surface area is 199 Å². The molecule has 0 radical (unpaired) electrons. The van der Waals surface area contributed by atoms with Crippen molar-refractivity contribution in [3.63, 3.8) is 0 Å². The first-order chi connectivity index (χ1) is 15.5. The van der Waals surface area contributed by atoms with Gasteiger partial charge in [0, 0.05) is 41.2 Å². The molecular weight excluding hydrogens is 445 g/mol. The quantitative estimate of drug-likeness (QED) is 0.655. The van der Waals surface area contributed by atoms with Gasteiger partial charge < -0.3 is 10.2 Å². The van der Waals surface area contributed by atoms with Gasteiger partial charge in [0.2, 0.25) is 5.91 Å². The molecule has 1 unspecified atom stereocenters. The number of hydrogen-bond donors (Lipinski definition) is 1. The lowest BCUT2D eigenvalue weighted by atomic mass is 9.95. The smallest absolute Gasteiger partial charge is 0.253 e. The zero-order valence-corrected chi connectivity index (χ0v) is 19.6. The molecule has 1 N–H and O–H groups in total. The van der Waals surface area contributed by atoms with Gasteiger partial charge in [0.15, 0.2) is 0 Å². The molecule has 2 aromatic rings. The van der Waals surface area contributed by atoms with E-state index in [-0.39, 0.29) is 23.8 Å². The summed E-state index contributed by atoms with van der Waals surface area (Å²) in [4.78, 5) is 29.9. The van der Waals surface area contributed by atoms with Crippen LogP contribution in [-0.2, 0) is 4.79 Å². The van der Waals surface area contributed by atoms with Crippen LogP contribution in [0.4, 0.5) is 0 Å². The SMILES string of the molecule is O=C(NCC(c1ccccc1Cl)N1CCCC1)C1CCN(C(=O)c2ccc(Cl)cc2)CC1. The molecule has 2 saturated heterocycles. The van der Waals surface area contributed by atoms with Crippen molar-refractivity contribution >= 4 is 35.0 Å². The lowest BCUT2D eigenvalue weighted by Crippen LogP contribution is -2.44. The van der Waals surface area contributed by atoms with Gasteiger partial charge in [-0.05, 0) is 74.7 Å². The highest BCUT2D eigenvalue weighted by atomic mass is 35.5. The molecule has 0 saturated carbocycles. The first kappa shape index (κ1) is 23.1. The van der Waals surface area contributed by atoms with Crippen LogP contribution in [0.1, 0.15) is 47.6 Å². The molecule has 5 nitrogen and oxygen atoms in total. The largest absolute Gasteiger partial charge is 0.354 e. The highest BCUT2D eigenvalue weighted by Gasteiger charge is 2.30. The average molecular weight is 474 g/mol. The van der Waals surface area contributed by atoms with E-state index in [2.05, 4.69) is 16.3 Å². The molecule has 32 heavy (non-hydrogen) atoms. The summed E-state index contributed by atoms with van der Waals surface area (Å²) >= 11 is 12.4. The topological polar surface area (TPSA) is 52.7 Å². The number of piperidine rings is 1. The van der Waals surface area contributed by atoms with Crippen LogP contribution in [0.2, 0.25) is 10.0 Å². The fourth-order valence-corrected chi connectivity index (χ4v) is 5.08. The van der Waals surface area contributed by atoms with Gasteiger partial charge in [-0.3, -0.25) is 14.5 Å². The van der Waals surface area contributed by atoms with E-state index in [0.29, 0.717) is 43.1 Å². The molecule has 2 aromatic carbocycles. The number of amides is 2. The Balaban J connectivity index is 1.32. The predicted octanol–water partition coefficient (Wildman–Crippen LogP) is 4.80. The second-order valence-electron chi connectivity index (χ2n) is 8.60.